The molecule has 0 spiro atoms. The predicted octanol–water partition coefficient (Wildman–Crippen LogP) is 0.960. The van der Waals surface area contributed by atoms with E-state index in [4.69, 9.17) is 4.74 Å². The summed E-state index contributed by atoms with van der Waals surface area (Å²) in [7, 11) is 0. The van der Waals surface area contributed by atoms with Crippen LogP contribution in [-0.2, 0) is 4.79 Å². The lowest BCUT2D eigenvalue weighted by Gasteiger charge is -2.25. The molecule has 2 aliphatic rings. The molecule has 106 valence electrons. The number of amides is 1. The smallest absolute Gasteiger partial charge is 0.308 e. The quantitative estimate of drug-likeness (QED) is 0.590. The molecular formula is C14H16N2O4. The third kappa shape index (κ3) is 2.02. The fourth-order valence-corrected chi connectivity index (χ4v) is 2.87. The largest absolute Gasteiger partial charge is 0.424 e. The molecule has 20 heavy (non-hydrogen) atoms. The minimum atomic E-state index is -0.862. The van der Waals surface area contributed by atoms with Crippen molar-refractivity contribution < 1.29 is 19.4 Å². The van der Waals surface area contributed by atoms with Crippen LogP contribution in [0, 0.1) is 0 Å². The summed E-state index contributed by atoms with van der Waals surface area (Å²) in [6.07, 6.45) is 0.782. The molecule has 2 atom stereocenters. The SMILES string of the molecule is CC(=O)Oc1cccc2c1NC(O)C1CCCN1C2=O. The molecule has 0 radical (unpaired) electrons. The lowest BCUT2D eigenvalue weighted by molar-refractivity contribution is -0.131. The Kier molecular flexibility index (Phi) is 3.10. The van der Waals surface area contributed by atoms with Gasteiger partial charge in [0.25, 0.3) is 5.91 Å². The molecule has 3 rings (SSSR count). The Morgan fingerprint density at radius 3 is 3.05 bits per heavy atom. The van der Waals surface area contributed by atoms with Crippen LogP contribution in [0.4, 0.5) is 5.69 Å². The summed E-state index contributed by atoms with van der Waals surface area (Å²) in [5.41, 5.74) is 0.807. The Morgan fingerprint density at radius 1 is 1.50 bits per heavy atom. The van der Waals surface area contributed by atoms with Crippen molar-refractivity contribution in [3.8, 4) is 5.75 Å². The second-order valence-corrected chi connectivity index (χ2v) is 5.07. The Bertz CT molecular complexity index is 572. The fraction of sp³-hybridized carbons (Fsp3) is 0.429. The third-order valence-corrected chi connectivity index (χ3v) is 3.73. The van der Waals surface area contributed by atoms with Crippen LogP contribution in [0.5, 0.6) is 5.75 Å². The third-order valence-electron chi connectivity index (χ3n) is 3.73. The number of ether oxygens (including phenoxy) is 1. The van der Waals surface area contributed by atoms with E-state index >= 15 is 0 Å². The normalized spacial score (nSPS) is 24.5. The molecule has 2 aliphatic heterocycles. The number of nitrogens with one attached hydrogen (secondary N) is 1. The zero-order valence-electron chi connectivity index (χ0n) is 11.1. The second kappa shape index (κ2) is 4.79. The maximum Gasteiger partial charge on any atom is 0.308 e. The van der Waals surface area contributed by atoms with Crippen molar-refractivity contribution in [1.29, 1.82) is 0 Å². The van der Waals surface area contributed by atoms with Gasteiger partial charge in [-0.15, -0.1) is 0 Å². The van der Waals surface area contributed by atoms with Gasteiger partial charge in [0, 0.05) is 13.5 Å². The molecule has 0 aromatic heterocycles. The van der Waals surface area contributed by atoms with Crippen molar-refractivity contribution in [2.45, 2.75) is 32.0 Å². The summed E-state index contributed by atoms with van der Waals surface area (Å²) in [6, 6.07) is 4.70. The first-order chi connectivity index (χ1) is 9.58. The highest BCUT2D eigenvalue weighted by molar-refractivity contribution is 6.02. The number of para-hydroxylation sites is 1. The Hall–Kier alpha value is -2.08. The average Bonchev–Trinajstić information content (AvgIpc) is 2.85. The topological polar surface area (TPSA) is 78.9 Å². The van der Waals surface area contributed by atoms with E-state index in [0.29, 0.717) is 17.8 Å². The van der Waals surface area contributed by atoms with Crippen LogP contribution in [-0.4, -0.2) is 40.7 Å². The van der Waals surface area contributed by atoms with Gasteiger partial charge in [-0.1, -0.05) is 6.07 Å². The lowest BCUT2D eigenvalue weighted by Crippen LogP contribution is -2.43. The van der Waals surface area contributed by atoms with Crippen LogP contribution < -0.4 is 10.1 Å². The van der Waals surface area contributed by atoms with Crippen molar-refractivity contribution in [2.75, 3.05) is 11.9 Å². The van der Waals surface area contributed by atoms with E-state index in [9.17, 15) is 14.7 Å². The summed E-state index contributed by atoms with van der Waals surface area (Å²) in [5.74, 6) is -0.337. The Balaban J connectivity index is 2.07. The lowest BCUT2D eigenvalue weighted by atomic mass is 10.1. The van der Waals surface area contributed by atoms with Crippen molar-refractivity contribution in [3.05, 3.63) is 23.8 Å². The van der Waals surface area contributed by atoms with Gasteiger partial charge in [0.05, 0.1) is 17.3 Å². The number of fused-ring (bicyclic) bond motifs is 2. The first-order valence-corrected chi connectivity index (χ1v) is 6.65. The van der Waals surface area contributed by atoms with Crippen molar-refractivity contribution in [3.63, 3.8) is 0 Å². The number of carbonyl (C=O) groups is 2. The number of benzene rings is 1. The summed E-state index contributed by atoms with van der Waals surface area (Å²) >= 11 is 0. The maximum atomic E-state index is 12.5. The van der Waals surface area contributed by atoms with Crippen LogP contribution in [0.1, 0.15) is 30.1 Å². The molecule has 2 N–H and O–H groups in total. The van der Waals surface area contributed by atoms with Crippen molar-refractivity contribution >= 4 is 17.6 Å². The van der Waals surface area contributed by atoms with Gasteiger partial charge in [-0.3, -0.25) is 9.59 Å². The number of anilines is 1. The molecule has 0 saturated carbocycles. The van der Waals surface area contributed by atoms with Crippen molar-refractivity contribution in [2.24, 2.45) is 0 Å². The number of hydrogen-bond acceptors (Lipinski definition) is 5. The summed E-state index contributed by atoms with van der Waals surface area (Å²) in [4.78, 5) is 25.4. The molecule has 1 aromatic carbocycles. The zero-order chi connectivity index (χ0) is 14.3. The van der Waals surface area contributed by atoms with Crippen molar-refractivity contribution in [1.82, 2.24) is 4.90 Å². The van der Waals surface area contributed by atoms with Crippen LogP contribution >= 0.6 is 0 Å². The van der Waals surface area contributed by atoms with E-state index < -0.39 is 12.2 Å². The fourth-order valence-electron chi connectivity index (χ4n) is 2.87. The number of aliphatic hydroxyl groups excluding tert-OH is 1. The highest BCUT2D eigenvalue weighted by Gasteiger charge is 2.39. The number of carbonyl (C=O) groups excluding carboxylic acids is 2. The number of hydrogen-bond donors (Lipinski definition) is 2. The number of aliphatic hydroxyl groups is 1. The van der Waals surface area contributed by atoms with E-state index in [0.717, 1.165) is 12.8 Å². The predicted molar refractivity (Wildman–Crippen MR) is 71.4 cm³/mol. The molecule has 1 aromatic rings. The van der Waals surface area contributed by atoms with Crippen LogP contribution in [0.25, 0.3) is 0 Å². The van der Waals surface area contributed by atoms with E-state index in [1.807, 2.05) is 0 Å². The van der Waals surface area contributed by atoms with E-state index in [1.165, 1.54) is 6.92 Å². The number of nitrogens with zero attached hydrogens (tertiary/aromatic N) is 1. The van der Waals surface area contributed by atoms with Gasteiger partial charge in [-0.2, -0.15) is 0 Å². The summed E-state index contributed by atoms with van der Waals surface area (Å²) in [5, 5.41) is 13.2. The van der Waals surface area contributed by atoms with Crippen LogP contribution in [0.2, 0.25) is 0 Å². The monoisotopic (exact) mass is 276 g/mol. The van der Waals surface area contributed by atoms with E-state index in [2.05, 4.69) is 5.32 Å². The minimum absolute atomic E-state index is 0.138. The highest BCUT2D eigenvalue weighted by atomic mass is 16.5. The Morgan fingerprint density at radius 2 is 2.30 bits per heavy atom. The minimum Gasteiger partial charge on any atom is -0.424 e. The van der Waals surface area contributed by atoms with Gasteiger partial charge in [0.2, 0.25) is 0 Å². The van der Waals surface area contributed by atoms with Gasteiger partial charge in [-0.05, 0) is 25.0 Å². The molecule has 1 fully saturated rings. The molecule has 2 heterocycles. The molecule has 0 aliphatic carbocycles. The first kappa shape index (κ1) is 12.9. The van der Waals surface area contributed by atoms with E-state index in [-0.39, 0.29) is 17.7 Å². The van der Waals surface area contributed by atoms with E-state index in [1.54, 1.807) is 23.1 Å². The molecule has 0 bridgehead atoms. The van der Waals surface area contributed by atoms with Gasteiger partial charge < -0.3 is 20.1 Å². The van der Waals surface area contributed by atoms with Gasteiger partial charge in [0.1, 0.15) is 6.23 Å². The molecule has 6 heteroatoms. The molecule has 6 nitrogen and oxygen atoms in total. The molecule has 1 amide bonds. The highest BCUT2D eigenvalue weighted by Crippen LogP contribution is 2.36. The molecule has 2 unspecified atom stereocenters. The molecule has 1 saturated heterocycles. The van der Waals surface area contributed by atoms with Gasteiger partial charge in [0.15, 0.2) is 5.75 Å². The average molecular weight is 276 g/mol. The molecular weight excluding hydrogens is 260 g/mol. The summed E-state index contributed by atoms with van der Waals surface area (Å²) < 4.78 is 5.10. The van der Waals surface area contributed by atoms with Crippen LogP contribution in [0.3, 0.4) is 0 Å². The maximum absolute atomic E-state index is 12.5. The van der Waals surface area contributed by atoms with Crippen LogP contribution in [0.15, 0.2) is 18.2 Å². The summed E-state index contributed by atoms with van der Waals surface area (Å²) in [6.45, 7) is 1.94. The standard InChI is InChI=1S/C14H16N2O4/c1-8(17)20-11-6-2-4-9-12(11)15-13(18)10-5-3-7-16(10)14(9)19/h2,4,6,10,13,15,18H,3,5,7H2,1H3. The number of esters is 1. The zero-order valence-corrected chi connectivity index (χ0v) is 11.1. The Labute approximate surface area is 116 Å². The first-order valence-electron chi connectivity index (χ1n) is 6.65. The van der Waals surface area contributed by atoms with Gasteiger partial charge >= 0.3 is 5.97 Å². The van der Waals surface area contributed by atoms with Gasteiger partial charge in [-0.25, -0.2) is 0 Å². The number of rotatable bonds is 1. The second-order valence-electron chi connectivity index (χ2n) is 5.07.